The van der Waals surface area contributed by atoms with Crippen LogP contribution < -0.4 is 14.8 Å². The van der Waals surface area contributed by atoms with Gasteiger partial charge in [-0.1, -0.05) is 18.2 Å². The number of amides is 1. The van der Waals surface area contributed by atoms with Crippen molar-refractivity contribution < 1.29 is 35.5 Å². The molecule has 1 heterocycles. The Labute approximate surface area is 236 Å². The van der Waals surface area contributed by atoms with Gasteiger partial charge in [0.15, 0.2) is 0 Å². The van der Waals surface area contributed by atoms with Crippen LogP contribution >= 0.6 is 15.9 Å². The molecule has 0 unspecified atom stereocenters. The molecule has 12 heteroatoms. The third-order valence-corrected chi connectivity index (χ3v) is 8.44. The van der Waals surface area contributed by atoms with Gasteiger partial charge in [0, 0.05) is 17.9 Å². The molecule has 5 rings (SSSR count). The number of furan rings is 1. The molecule has 0 saturated heterocycles. The van der Waals surface area contributed by atoms with Crippen LogP contribution in [0.5, 0.6) is 5.75 Å². The van der Waals surface area contributed by atoms with Gasteiger partial charge in [0.25, 0.3) is 5.91 Å². The predicted molar refractivity (Wildman–Crippen MR) is 148 cm³/mol. The van der Waals surface area contributed by atoms with E-state index < -0.39 is 28.4 Å². The van der Waals surface area contributed by atoms with Crippen molar-refractivity contribution in [2.24, 2.45) is 5.73 Å². The monoisotopic (exact) mass is 636 g/mol. The van der Waals surface area contributed by atoms with E-state index in [1.807, 2.05) is 0 Å². The van der Waals surface area contributed by atoms with Gasteiger partial charge in [-0.25, -0.2) is 12.8 Å². The fourth-order valence-corrected chi connectivity index (χ4v) is 5.94. The van der Waals surface area contributed by atoms with Gasteiger partial charge in [0.1, 0.15) is 22.9 Å². The van der Waals surface area contributed by atoms with Gasteiger partial charge in [-0.05, 0) is 81.7 Å². The Hall–Kier alpha value is -3.51. The van der Waals surface area contributed by atoms with Crippen LogP contribution in [0.15, 0.2) is 63.5 Å². The number of benzene rings is 3. The van der Waals surface area contributed by atoms with E-state index in [0.717, 1.165) is 19.1 Å². The number of nitrogens with zero attached hydrogens (tertiary/aromatic N) is 1. The van der Waals surface area contributed by atoms with Crippen LogP contribution in [-0.2, 0) is 23.0 Å². The standard InChI is InChI=1S/C28H24BrF3N2O5S/c1-40(36,37)34(14-16-4-9-21(29)24(11-16)39-28(31)32)22-13-23-20(12-19(22)17-5-6-17)26(27(33)35)25(38-23)10-15-2-7-18(30)8-3-15/h2-4,7-9,11-13,17,28H,5-6,10,14H2,1H3,(H2,33,35). The van der Waals surface area contributed by atoms with Crippen molar-refractivity contribution in [3.8, 4) is 5.75 Å². The van der Waals surface area contributed by atoms with Crippen molar-refractivity contribution in [1.82, 2.24) is 0 Å². The number of carbonyl (C=O) groups excluding carboxylic acids is 1. The number of hydrogen-bond acceptors (Lipinski definition) is 5. The third-order valence-electron chi connectivity index (χ3n) is 6.66. The second-order valence-electron chi connectivity index (χ2n) is 9.66. The summed E-state index contributed by atoms with van der Waals surface area (Å²) in [6.45, 7) is -3.22. The molecule has 3 aromatic carbocycles. The lowest BCUT2D eigenvalue weighted by Crippen LogP contribution is -2.30. The first-order valence-electron chi connectivity index (χ1n) is 12.2. The molecule has 0 aliphatic heterocycles. The summed E-state index contributed by atoms with van der Waals surface area (Å²) in [6.07, 6.45) is 2.88. The number of primary amides is 1. The Kier molecular flexibility index (Phi) is 7.58. The Morgan fingerprint density at radius 2 is 1.80 bits per heavy atom. The van der Waals surface area contributed by atoms with E-state index in [1.54, 1.807) is 30.3 Å². The number of carbonyl (C=O) groups is 1. The normalized spacial score (nSPS) is 13.7. The van der Waals surface area contributed by atoms with Crippen LogP contribution in [0.1, 0.15) is 51.6 Å². The summed E-state index contributed by atoms with van der Waals surface area (Å²) >= 11 is 3.16. The Bertz CT molecular complexity index is 1700. The highest BCUT2D eigenvalue weighted by atomic mass is 79.9. The molecule has 7 nitrogen and oxygen atoms in total. The highest BCUT2D eigenvalue weighted by Gasteiger charge is 2.33. The third kappa shape index (κ3) is 5.97. The van der Waals surface area contributed by atoms with Crippen molar-refractivity contribution >= 4 is 48.5 Å². The first kappa shape index (κ1) is 28.0. The number of ether oxygens (including phenoxy) is 1. The summed E-state index contributed by atoms with van der Waals surface area (Å²) in [5, 5.41) is 0.458. The molecule has 1 fully saturated rings. The average Bonchev–Trinajstić information content (AvgIpc) is 3.65. The maximum absolute atomic E-state index is 13.4. The molecule has 0 bridgehead atoms. The lowest BCUT2D eigenvalue weighted by molar-refractivity contribution is -0.0504. The summed E-state index contributed by atoms with van der Waals surface area (Å²) in [6, 6.07) is 13.5. The van der Waals surface area contributed by atoms with E-state index in [2.05, 4.69) is 20.7 Å². The predicted octanol–water partition coefficient (Wildman–Crippen LogP) is 6.47. The highest BCUT2D eigenvalue weighted by molar-refractivity contribution is 9.10. The first-order valence-corrected chi connectivity index (χ1v) is 14.9. The SMILES string of the molecule is CS(=O)(=O)N(Cc1ccc(Br)c(OC(F)F)c1)c1cc2oc(Cc3ccc(F)cc3)c(C(N)=O)c2cc1C1CC1. The fraction of sp³-hybridized carbons (Fsp3) is 0.250. The molecule has 1 amide bonds. The van der Waals surface area contributed by atoms with Crippen LogP contribution in [-0.4, -0.2) is 27.2 Å². The topological polar surface area (TPSA) is 103 Å². The minimum absolute atomic E-state index is 0.0578. The maximum atomic E-state index is 13.4. The van der Waals surface area contributed by atoms with E-state index in [9.17, 15) is 26.4 Å². The molecule has 210 valence electrons. The Morgan fingerprint density at radius 3 is 2.40 bits per heavy atom. The Balaban J connectivity index is 1.62. The van der Waals surface area contributed by atoms with E-state index in [1.165, 1.54) is 28.6 Å². The molecule has 2 N–H and O–H groups in total. The van der Waals surface area contributed by atoms with Gasteiger partial charge >= 0.3 is 6.61 Å². The quantitative estimate of drug-likeness (QED) is 0.215. The van der Waals surface area contributed by atoms with E-state index in [4.69, 9.17) is 10.2 Å². The summed E-state index contributed by atoms with van der Waals surface area (Å²) in [4.78, 5) is 12.5. The number of rotatable bonds is 10. The van der Waals surface area contributed by atoms with Gasteiger partial charge in [-0.2, -0.15) is 8.78 Å². The minimum Gasteiger partial charge on any atom is -0.460 e. The molecule has 0 atom stereocenters. The molecule has 1 saturated carbocycles. The Morgan fingerprint density at radius 1 is 1.12 bits per heavy atom. The highest BCUT2D eigenvalue weighted by Crippen LogP contribution is 2.47. The zero-order chi connectivity index (χ0) is 28.8. The number of alkyl halides is 2. The summed E-state index contributed by atoms with van der Waals surface area (Å²) in [5.74, 6) is -0.891. The average molecular weight is 637 g/mol. The maximum Gasteiger partial charge on any atom is 0.387 e. The van der Waals surface area contributed by atoms with E-state index in [0.29, 0.717) is 32.2 Å². The largest absolute Gasteiger partial charge is 0.460 e. The molecular formula is C28H24BrF3N2O5S. The summed E-state index contributed by atoms with van der Waals surface area (Å²) in [5.41, 5.74) is 8.35. The molecule has 40 heavy (non-hydrogen) atoms. The number of nitrogens with two attached hydrogens (primary N) is 1. The van der Waals surface area contributed by atoms with Gasteiger partial charge < -0.3 is 14.9 Å². The van der Waals surface area contributed by atoms with Crippen LogP contribution in [0.2, 0.25) is 0 Å². The van der Waals surface area contributed by atoms with Gasteiger partial charge in [-0.15, -0.1) is 0 Å². The van der Waals surface area contributed by atoms with Gasteiger partial charge in [0.05, 0.1) is 28.5 Å². The van der Waals surface area contributed by atoms with Crippen molar-refractivity contribution in [2.45, 2.75) is 38.3 Å². The van der Waals surface area contributed by atoms with E-state index in [-0.39, 0.29) is 41.5 Å². The van der Waals surface area contributed by atoms with Crippen molar-refractivity contribution in [2.75, 3.05) is 10.6 Å². The van der Waals surface area contributed by atoms with Crippen molar-refractivity contribution in [3.63, 3.8) is 0 Å². The van der Waals surface area contributed by atoms with Crippen molar-refractivity contribution in [1.29, 1.82) is 0 Å². The fourth-order valence-electron chi connectivity index (χ4n) is 4.70. The lowest BCUT2D eigenvalue weighted by Gasteiger charge is -2.25. The number of halogens is 4. The molecule has 4 aromatic rings. The number of sulfonamides is 1. The van der Waals surface area contributed by atoms with Crippen molar-refractivity contribution in [3.05, 3.63) is 92.9 Å². The zero-order valence-corrected chi connectivity index (χ0v) is 23.6. The zero-order valence-electron chi connectivity index (χ0n) is 21.2. The van der Waals surface area contributed by atoms with Crippen LogP contribution in [0.3, 0.4) is 0 Å². The van der Waals surface area contributed by atoms with Crippen LogP contribution in [0, 0.1) is 5.82 Å². The molecule has 0 radical (unpaired) electrons. The van der Waals surface area contributed by atoms with E-state index >= 15 is 0 Å². The van der Waals surface area contributed by atoms with Crippen LogP contribution in [0.4, 0.5) is 18.9 Å². The summed E-state index contributed by atoms with van der Waals surface area (Å²) < 4.78 is 77.4. The molecule has 0 spiro atoms. The van der Waals surface area contributed by atoms with Gasteiger partial charge in [-0.3, -0.25) is 9.10 Å². The van der Waals surface area contributed by atoms with Crippen LogP contribution in [0.25, 0.3) is 11.0 Å². The molecular weight excluding hydrogens is 613 g/mol. The molecule has 1 aliphatic carbocycles. The molecule has 1 aromatic heterocycles. The number of hydrogen-bond donors (Lipinski definition) is 1. The summed E-state index contributed by atoms with van der Waals surface area (Å²) in [7, 11) is -3.87. The number of anilines is 1. The lowest BCUT2D eigenvalue weighted by atomic mass is 10.0. The van der Waals surface area contributed by atoms with Gasteiger partial charge in [0.2, 0.25) is 10.0 Å². The second-order valence-corrected chi connectivity index (χ2v) is 12.4. The number of fused-ring (bicyclic) bond motifs is 1. The first-order chi connectivity index (χ1) is 18.9. The second kappa shape index (κ2) is 10.8. The minimum atomic E-state index is -3.87. The smallest absolute Gasteiger partial charge is 0.387 e. The molecule has 1 aliphatic rings.